The van der Waals surface area contributed by atoms with E-state index in [-0.39, 0.29) is 12.8 Å². The predicted molar refractivity (Wildman–Crippen MR) is 73.3 cm³/mol. The van der Waals surface area contributed by atoms with E-state index >= 15 is 0 Å². The summed E-state index contributed by atoms with van der Waals surface area (Å²) >= 11 is 0. The number of esters is 2. The maximum atomic E-state index is 12.5. The molecular weight excluding hydrogens is 339 g/mol. The Hall–Kier alpha value is -1.41. The second kappa shape index (κ2) is 9.17. The third-order valence-electron chi connectivity index (χ3n) is 3.80. The van der Waals surface area contributed by atoms with E-state index in [1.165, 1.54) is 6.42 Å². The van der Waals surface area contributed by atoms with Crippen LogP contribution in [0.15, 0.2) is 0 Å². The molecule has 0 unspecified atom stereocenters. The van der Waals surface area contributed by atoms with E-state index in [1.54, 1.807) is 0 Å². The van der Waals surface area contributed by atoms with Crippen LogP contribution in [0.3, 0.4) is 0 Å². The topological polar surface area (TPSA) is 52.6 Å². The molecule has 140 valence electrons. The molecule has 0 amide bonds. The van der Waals surface area contributed by atoms with Crippen LogP contribution in [-0.2, 0) is 19.1 Å². The number of carbonyl (C=O) groups is 2. The van der Waals surface area contributed by atoms with Crippen LogP contribution >= 0.6 is 0 Å². The Morgan fingerprint density at radius 3 is 1.96 bits per heavy atom. The van der Waals surface area contributed by atoms with Crippen molar-refractivity contribution in [1.82, 2.24) is 0 Å². The molecule has 1 aliphatic rings. The molecule has 0 heterocycles. The molecule has 0 spiro atoms. The third-order valence-corrected chi connectivity index (χ3v) is 3.80. The summed E-state index contributed by atoms with van der Waals surface area (Å²) in [6, 6.07) is 0. The molecule has 0 aliphatic heterocycles. The Labute approximate surface area is 136 Å². The van der Waals surface area contributed by atoms with E-state index in [9.17, 15) is 31.5 Å². The van der Waals surface area contributed by atoms with Gasteiger partial charge in [0.05, 0.1) is 6.61 Å². The van der Waals surface area contributed by atoms with Gasteiger partial charge in [0.15, 0.2) is 6.61 Å². The SMILES string of the molecule is O=C(CCCC(=O)OCC(F)(F)C(F)(F)F)OCC1CCCCC1. The largest absolute Gasteiger partial charge is 0.465 e. The molecule has 1 fully saturated rings. The van der Waals surface area contributed by atoms with E-state index in [1.807, 2.05) is 0 Å². The van der Waals surface area contributed by atoms with Gasteiger partial charge in [0.25, 0.3) is 0 Å². The maximum absolute atomic E-state index is 12.5. The second-order valence-electron chi connectivity index (χ2n) is 5.90. The highest BCUT2D eigenvalue weighted by atomic mass is 19.4. The molecule has 0 aromatic rings. The van der Waals surface area contributed by atoms with E-state index < -0.39 is 37.1 Å². The zero-order valence-electron chi connectivity index (χ0n) is 13.2. The van der Waals surface area contributed by atoms with Crippen molar-refractivity contribution in [2.45, 2.75) is 63.5 Å². The molecular formula is C15H21F5O4. The van der Waals surface area contributed by atoms with Crippen LogP contribution in [0.2, 0.25) is 0 Å². The molecule has 24 heavy (non-hydrogen) atoms. The normalized spacial score (nSPS) is 16.7. The van der Waals surface area contributed by atoms with E-state index in [4.69, 9.17) is 4.74 Å². The smallest absolute Gasteiger partial charge is 0.456 e. The summed E-state index contributed by atoms with van der Waals surface area (Å²) in [6.07, 6.45) is -0.923. The van der Waals surface area contributed by atoms with E-state index in [2.05, 4.69) is 4.74 Å². The number of hydrogen-bond donors (Lipinski definition) is 0. The molecule has 0 aromatic heterocycles. The summed E-state index contributed by atoms with van der Waals surface area (Å²) in [5.74, 6) is -6.47. The molecule has 0 bridgehead atoms. The summed E-state index contributed by atoms with van der Waals surface area (Å²) in [5.41, 5.74) is 0. The zero-order valence-corrected chi connectivity index (χ0v) is 13.2. The Bertz CT molecular complexity index is 417. The van der Waals surface area contributed by atoms with Gasteiger partial charge in [-0.05, 0) is 25.2 Å². The van der Waals surface area contributed by atoms with Crippen molar-refractivity contribution < 1.29 is 41.0 Å². The number of carbonyl (C=O) groups excluding carboxylic acids is 2. The highest BCUT2D eigenvalue weighted by Crippen LogP contribution is 2.35. The number of hydrogen-bond acceptors (Lipinski definition) is 4. The van der Waals surface area contributed by atoms with Crippen LogP contribution in [-0.4, -0.2) is 37.3 Å². The van der Waals surface area contributed by atoms with Gasteiger partial charge in [-0.25, -0.2) is 0 Å². The van der Waals surface area contributed by atoms with Crippen LogP contribution in [0.1, 0.15) is 51.4 Å². The quantitative estimate of drug-likeness (QED) is 0.485. The van der Waals surface area contributed by atoms with Gasteiger partial charge in [0, 0.05) is 12.8 Å². The molecule has 1 saturated carbocycles. The zero-order chi connectivity index (χ0) is 18.2. The fourth-order valence-corrected chi connectivity index (χ4v) is 2.34. The van der Waals surface area contributed by atoms with Gasteiger partial charge in [0.2, 0.25) is 0 Å². The van der Waals surface area contributed by atoms with Crippen LogP contribution in [0.25, 0.3) is 0 Å². The van der Waals surface area contributed by atoms with Crippen molar-refractivity contribution in [3.05, 3.63) is 0 Å². The first kappa shape index (κ1) is 20.6. The number of alkyl halides is 5. The number of rotatable bonds is 8. The second-order valence-corrected chi connectivity index (χ2v) is 5.90. The van der Waals surface area contributed by atoms with Crippen LogP contribution in [0.4, 0.5) is 22.0 Å². The van der Waals surface area contributed by atoms with Crippen molar-refractivity contribution in [3.8, 4) is 0 Å². The first-order valence-electron chi connectivity index (χ1n) is 7.87. The minimum atomic E-state index is -5.77. The maximum Gasteiger partial charge on any atom is 0.456 e. The highest BCUT2D eigenvalue weighted by Gasteiger charge is 2.58. The number of ether oxygens (including phenoxy) is 2. The third kappa shape index (κ3) is 7.44. The monoisotopic (exact) mass is 360 g/mol. The lowest BCUT2D eigenvalue weighted by Gasteiger charge is -2.21. The van der Waals surface area contributed by atoms with Gasteiger partial charge in [0.1, 0.15) is 0 Å². The minimum Gasteiger partial charge on any atom is -0.465 e. The van der Waals surface area contributed by atoms with Gasteiger partial charge in [-0.15, -0.1) is 0 Å². The molecule has 9 heteroatoms. The molecule has 1 rings (SSSR count). The molecule has 0 N–H and O–H groups in total. The lowest BCUT2D eigenvalue weighted by molar-refractivity contribution is -0.294. The first-order valence-corrected chi connectivity index (χ1v) is 7.87. The standard InChI is InChI=1S/C15H21F5O4/c16-14(17,15(18,19)20)10-24-13(22)8-4-7-12(21)23-9-11-5-2-1-3-6-11/h11H,1-10H2. The Morgan fingerprint density at radius 2 is 1.42 bits per heavy atom. The first-order chi connectivity index (χ1) is 11.1. The van der Waals surface area contributed by atoms with Gasteiger partial charge >= 0.3 is 24.0 Å². The minimum absolute atomic E-state index is 0.0279. The Morgan fingerprint density at radius 1 is 0.875 bits per heavy atom. The summed E-state index contributed by atoms with van der Waals surface area (Å²) in [4.78, 5) is 22.6. The van der Waals surface area contributed by atoms with Crippen molar-refractivity contribution in [3.63, 3.8) is 0 Å². The summed E-state index contributed by atoms with van der Waals surface area (Å²) in [5, 5.41) is 0. The van der Waals surface area contributed by atoms with Crippen LogP contribution in [0, 0.1) is 5.92 Å². The van der Waals surface area contributed by atoms with Gasteiger partial charge in [-0.3, -0.25) is 9.59 Å². The fraction of sp³-hybridized carbons (Fsp3) is 0.867. The molecule has 0 atom stereocenters. The van der Waals surface area contributed by atoms with Crippen molar-refractivity contribution in [1.29, 1.82) is 0 Å². The van der Waals surface area contributed by atoms with Gasteiger partial charge in [-0.2, -0.15) is 22.0 Å². The average molecular weight is 360 g/mol. The summed E-state index contributed by atoms with van der Waals surface area (Å²) < 4.78 is 69.7. The molecule has 4 nitrogen and oxygen atoms in total. The highest BCUT2D eigenvalue weighted by molar-refractivity contribution is 5.72. The van der Waals surface area contributed by atoms with Crippen molar-refractivity contribution >= 4 is 11.9 Å². The Kier molecular flexibility index (Phi) is 7.89. The van der Waals surface area contributed by atoms with Crippen LogP contribution < -0.4 is 0 Å². The van der Waals surface area contributed by atoms with Crippen molar-refractivity contribution in [2.24, 2.45) is 5.92 Å². The summed E-state index contributed by atoms with van der Waals surface area (Å²) in [7, 11) is 0. The van der Waals surface area contributed by atoms with E-state index in [0.717, 1.165) is 25.7 Å². The van der Waals surface area contributed by atoms with Crippen LogP contribution in [0.5, 0.6) is 0 Å². The molecule has 0 radical (unpaired) electrons. The molecule has 1 aliphatic carbocycles. The lowest BCUT2D eigenvalue weighted by atomic mass is 9.90. The fourth-order valence-electron chi connectivity index (χ4n) is 2.34. The molecule has 0 aromatic carbocycles. The van der Waals surface area contributed by atoms with E-state index in [0.29, 0.717) is 12.5 Å². The van der Waals surface area contributed by atoms with Crippen molar-refractivity contribution in [2.75, 3.05) is 13.2 Å². The Balaban J connectivity index is 2.13. The lowest BCUT2D eigenvalue weighted by Crippen LogP contribution is -2.41. The number of halogens is 5. The average Bonchev–Trinajstić information content (AvgIpc) is 2.51. The molecule has 0 saturated heterocycles. The predicted octanol–water partition coefficient (Wildman–Crippen LogP) is 4.02. The van der Waals surface area contributed by atoms with Gasteiger partial charge < -0.3 is 9.47 Å². The van der Waals surface area contributed by atoms with Gasteiger partial charge in [-0.1, -0.05) is 19.3 Å². The summed E-state index contributed by atoms with van der Waals surface area (Å²) in [6.45, 7) is -1.73.